The van der Waals surface area contributed by atoms with Crippen LogP contribution in [-0.2, 0) is 11.2 Å². The molecule has 0 fully saturated rings. The summed E-state index contributed by atoms with van der Waals surface area (Å²) in [5.41, 5.74) is 2.05. The van der Waals surface area contributed by atoms with Gasteiger partial charge in [-0.2, -0.15) is 0 Å². The lowest BCUT2D eigenvalue weighted by Gasteiger charge is -2.29. The maximum Gasteiger partial charge on any atom is 0.320 e. The van der Waals surface area contributed by atoms with E-state index in [1.54, 1.807) is 0 Å². The van der Waals surface area contributed by atoms with Crippen LogP contribution in [0, 0.1) is 5.82 Å². The van der Waals surface area contributed by atoms with Crippen LogP contribution in [0.15, 0.2) is 18.2 Å². The third-order valence-electron chi connectivity index (χ3n) is 3.70. The fraction of sp³-hybridized carbons (Fsp3) is 0.533. The van der Waals surface area contributed by atoms with Crippen molar-refractivity contribution in [1.29, 1.82) is 0 Å². The van der Waals surface area contributed by atoms with Crippen molar-refractivity contribution in [2.45, 2.75) is 51.1 Å². The first-order chi connectivity index (χ1) is 9.11. The zero-order chi connectivity index (χ0) is 13.8. The van der Waals surface area contributed by atoms with E-state index in [4.69, 9.17) is 0 Å². The van der Waals surface area contributed by atoms with Crippen molar-refractivity contribution in [3.05, 3.63) is 35.1 Å². The summed E-state index contributed by atoms with van der Waals surface area (Å²) >= 11 is 0. The number of rotatable bonds is 5. The summed E-state index contributed by atoms with van der Waals surface area (Å²) in [5.74, 6) is -1.08. The van der Waals surface area contributed by atoms with Gasteiger partial charge >= 0.3 is 5.97 Å². The molecule has 1 aromatic carbocycles. The van der Waals surface area contributed by atoms with E-state index in [1.807, 2.05) is 13.0 Å². The third kappa shape index (κ3) is 3.32. The fourth-order valence-electron chi connectivity index (χ4n) is 2.75. The van der Waals surface area contributed by atoms with Crippen LogP contribution in [0.4, 0.5) is 4.39 Å². The monoisotopic (exact) mass is 265 g/mol. The highest BCUT2D eigenvalue weighted by Gasteiger charge is 2.25. The number of aryl methyl sites for hydroxylation is 1. The number of nitrogens with one attached hydrogen (secondary N) is 1. The standard InChI is InChI=1S/C15H20FNO2/c1-2-4-14(15(18)19)17-13-6-3-5-10-7-8-11(16)9-12(10)13/h7-9,13-14,17H,2-6H2,1H3,(H,18,19)/t13-,14-/m0/s1. The predicted octanol–water partition coefficient (Wildman–Crippen LogP) is 3.05. The number of benzene rings is 1. The molecule has 104 valence electrons. The lowest BCUT2D eigenvalue weighted by Crippen LogP contribution is -2.40. The molecule has 0 aromatic heterocycles. The van der Waals surface area contributed by atoms with Gasteiger partial charge in [-0.25, -0.2) is 4.39 Å². The number of aliphatic carboxylic acids is 1. The van der Waals surface area contributed by atoms with Crippen molar-refractivity contribution in [3.8, 4) is 0 Å². The first kappa shape index (κ1) is 14.0. The Morgan fingerprint density at radius 2 is 2.37 bits per heavy atom. The van der Waals surface area contributed by atoms with E-state index in [2.05, 4.69) is 5.32 Å². The second-order valence-electron chi connectivity index (χ2n) is 5.13. The second kappa shape index (κ2) is 6.15. The van der Waals surface area contributed by atoms with Crippen molar-refractivity contribution >= 4 is 5.97 Å². The summed E-state index contributed by atoms with van der Waals surface area (Å²) in [6.07, 6.45) is 4.22. The van der Waals surface area contributed by atoms with Crippen LogP contribution < -0.4 is 5.32 Å². The summed E-state index contributed by atoms with van der Waals surface area (Å²) in [5, 5.41) is 12.4. The summed E-state index contributed by atoms with van der Waals surface area (Å²) in [6.45, 7) is 1.96. The minimum absolute atomic E-state index is 0.0490. The average molecular weight is 265 g/mol. The fourth-order valence-corrected chi connectivity index (χ4v) is 2.75. The molecule has 0 heterocycles. The molecule has 0 aliphatic heterocycles. The minimum Gasteiger partial charge on any atom is -0.480 e. The Labute approximate surface area is 112 Å². The Bertz CT molecular complexity index is 461. The molecule has 2 N–H and O–H groups in total. The summed E-state index contributed by atoms with van der Waals surface area (Å²) in [4.78, 5) is 11.2. The van der Waals surface area contributed by atoms with Gasteiger partial charge in [0.25, 0.3) is 0 Å². The summed E-state index contributed by atoms with van der Waals surface area (Å²) < 4.78 is 13.4. The molecule has 19 heavy (non-hydrogen) atoms. The van der Waals surface area contributed by atoms with E-state index >= 15 is 0 Å². The number of carboxylic acids is 1. The largest absolute Gasteiger partial charge is 0.480 e. The van der Waals surface area contributed by atoms with Gasteiger partial charge in [-0.3, -0.25) is 10.1 Å². The molecule has 0 saturated carbocycles. The summed E-state index contributed by atoms with van der Waals surface area (Å²) in [7, 11) is 0. The number of carbonyl (C=O) groups is 1. The molecular formula is C15H20FNO2. The van der Waals surface area contributed by atoms with Gasteiger partial charge in [0.2, 0.25) is 0 Å². The van der Waals surface area contributed by atoms with Gasteiger partial charge in [0, 0.05) is 6.04 Å². The van der Waals surface area contributed by atoms with Crippen LogP contribution in [0.1, 0.15) is 49.8 Å². The molecule has 0 radical (unpaired) electrons. The topological polar surface area (TPSA) is 49.3 Å². The van der Waals surface area contributed by atoms with Gasteiger partial charge in [0.1, 0.15) is 11.9 Å². The lowest BCUT2D eigenvalue weighted by atomic mass is 9.87. The zero-order valence-corrected chi connectivity index (χ0v) is 11.2. The van der Waals surface area contributed by atoms with Gasteiger partial charge in [0.15, 0.2) is 0 Å². The number of hydrogen-bond acceptors (Lipinski definition) is 2. The first-order valence-corrected chi connectivity index (χ1v) is 6.89. The van der Waals surface area contributed by atoms with Crippen LogP contribution in [0.2, 0.25) is 0 Å². The molecule has 1 aliphatic carbocycles. The maximum absolute atomic E-state index is 13.4. The van der Waals surface area contributed by atoms with Crippen molar-refractivity contribution in [3.63, 3.8) is 0 Å². The highest BCUT2D eigenvalue weighted by molar-refractivity contribution is 5.73. The molecule has 1 aliphatic rings. The molecule has 2 atom stereocenters. The second-order valence-corrected chi connectivity index (χ2v) is 5.13. The molecule has 0 spiro atoms. The molecule has 2 rings (SSSR count). The Hall–Kier alpha value is -1.42. The zero-order valence-electron chi connectivity index (χ0n) is 11.2. The van der Waals surface area contributed by atoms with Crippen molar-refractivity contribution in [1.82, 2.24) is 5.32 Å². The van der Waals surface area contributed by atoms with Crippen LogP contribution in [0.25, 0.3) is 0 Å². The Morgan fingerprint density at radius 3 is 3.05 bits per heavy atom. The number of carboxylic acid groups (broad SMARTS) is 1. The van der Waals surface area contributed by atoms with E-state index in [1.165, 1.54) is 12.1 Å². The maximum atomic E-state index is 13.4. The van der Waals surface area contributed by atoms with Gasteiger partial charge in [-0.1, -0.05) is 19.4 Å². The predicted molar refractivity (Wildman–Crippen MR) is 71.5 cm³/mol. The number of fused-ring (bicyclic) bond motifs is 1. The molecule has 0 saturated heterocycles. The van der Waals surface area contributed by atoms with Crippen LogP contribution >= 0.6 is 0 Å². The molecule has 0 amide bonds. The van der Waals surface area contributed by atoms with Gasteiger partial charge in [-0.05, 0) is 48.9 Å². The van der Waals surface area contributed by atoms with E-state index in [-0.39, 0.29) is 11.9 Å². The number of halogens is 1. The highest BCUT2D eigenvalue weighted by Crippen LogP contribution is 2.30. The molecule has 0 bridgehead atoms. The van der Waals surface area contributed by atoms with Gasteiger partial charge < -0.3 is 5.11 Å². The smallest absolute Gasteiger partial charge is 0.320 e. The normalized spacial score (nSPS) is 19.8. The Balaban J connectivity index is 2.18. The molecule has 3 nitrogen and oxygen atoms in total. The third-order valence-corrected chi connectivity index (χ3v) is 3.70. The van der Waals surface area contributed by atoms with Crippen LogP contribution in [-0.4, -0.2) is 17.1 Å². The lowest BCUT2D eigenvalue weighted by molar-refractivity contribution is -0.140. The van der Waals surface area contributed by atoms with Gasteiger partial charge in [0.05, 0.1) is 0 Å². The highest BCUT2D eigenvalue weighted by atomic mass is 19.1. The van der Waals surface area contributed by atoms with E-state index < -0.39 is 12.0 Å². The molecule has 4 heteroatoms. The Kier molecular flexibility index (Phi) is 4.53. The van der Waals surface area contributed by atoms with E-state index in [0.717, 1.165) is 36.8 Å². The Morgan fingerprint density at radius 1 is 1.58 bits per heavy atom. The molecular weight excluding hydrogens is 245 g/mol. The minimum atomic E-state index is -0.828. The van der Waals surface area contributed by atoms with Crippen LogP contribution in [0.5, 0.6) is 0 Å². The van der Waals surface area contributed by atoms with Crippen LogP contribution in [0.3, 0.4) is 0 Å². The SMILES string of the molecule is CCC[C@H](N[C@H]1CCCc2ccc(F)cc21)C(=O)O. The summed E-state index contributed by atoms with van der Waals surface area (Å²) in [6, 6.07) is 4.23. The van der Waals surface area contributed by atoms with E-state index in [0.29, 0.717) is 6.42 Å². The van der Waals surface area contributed by atoms with Crippen molar-refractivity contribution in [2.24, 2.45) is 0 Å². The number of hydrogen-bond donors (Lipinski definition) is 2. The molecule has 0 unspecified atom stereocenters. The average Bonchev–Trinajstić information content (AvgIpc) is 2.38. The van der Waals surface area contributed by atoms with Gasteiger partial charge in [-0.15, -0.1) is 0 Å². The van der Waals surface area contributed by atoms with Crippen molar-refractivity contribution < 1.29 is 14.3 Å². The molecule has 1 aromatic rings. The van der Waals surface area contributed by atoms with Crippen molar-refractivity contribution in [2.75, 3.05) is 0 Å². The quantitative estimate of drug-likeness (QED) is 0.860. The van der Waals surface area contributed by atoms with E-state index in [9.17, 15) is 14.3 Å². The first-order valence-electron chi connectivity index (χ1n) is 6.89.